The number of esters is 1. The van der Waals surface area contributed by atoms with Crippen LogP contribution in [0.4, 0.5) is 5.69 Å². The van der Waals surface area contributed by atoms with Crippen molar-refractivity contribution in [3.05, 3.63) is 75.3 Å². The van der Waals surface area contributed by atoms with Gasteiger partial charge in [0, 0.05) is 31.3 Å². The Hall–Kier alpha value is -3.22. The van der Waals surface area contributed by atoms with Crippen molar-refractivity contribution in [3.8, 4) is 0 Å². The summed E-state index contributed by atoms with van der Waals surface area (Å²) in [6, 6.07) is 12.8. The molecule has 1 unspecified atom stereocenters. The third-order valence-corrected chi connectivity index (χ3v) is 3.71. The van der Waals surface area contributed by atoms with Crippen molar-refractivity contribution in [3.63, 3.8) is 0 Å². The number of nitrogens with zero attached hydrogens (tertiary/aromatic N) is 2. The van der Waals surface area contributed by atoms with Gasteiger partial charge in [0.05, 0.1) is 10.5 Å². The van der Waals surface area contributed by atoms with E-state index in [2.05, 4.69) is 0 Å². The largest absolute Gasteiger partial charge is 0.444 e. The third kappa shape index (κ3) is 4.00. The second-order valence-corrected chi connectivity index (χ2v) is 5.64. The number of hydrogen-bond donors (Lipinski definition) is 0. The predicted molar refractivity (Wildman–Crippen MR) is 91.1 cm³/mol. The minimum absolute atomic E-state index is 0.0571. The second kappa shape index (κ2) is 7.57. The molecule has 25 heavy (non-hydrogen) atoms. The molecular weight excluding hydrogens is 324 g/mol. The molecule has 7 heteroatoms. The standard InChI is InChI=1S/C18H18N2O5/c1-12-14(10-7-11-15(12)20(23)24)18(22)25-16(17(21)19(2)3)13-8-5-4-6-9-13/h4-11,16H,1-3H3. The summed E-state index contributed by atoms with van der Waals surface area (Å²) in [7, 11) is 3.12. The van der Waals surface area contributed by atoms with E-state index < -0.39 is 22.9 Å². The van der Waals surface area contributed by atoms with Gasteiger partial charge >= 0.3 is 5.97 Å². The molecule has 1 atom stereocenters. The van der Waals surface area contributed by atoms with Crippen LogP contribution in [0.5, 0.6) is 0 Å². The number of hydrogen-bond acceptors (Lipinski definition) is 5. The van der Waals surface area contributed by atoms with Crippen LogP contribution in [0.1, 0.15) is 27.6 Å². The van der Waals surface area contributed by atoms with Crippen molar-refractivity contribution in [2.24, 2.45) is 0 Å². The van der Waals surface area contributed by atoms with Crippen molar-refractivity contribution in [2.45, 2.75) is 13.0 Å². The minimum atomic E-state index is -1.12. The Balaban J connectivity index is 2.37. The van der Waals surface area contributed by atoms with E-state index in [1.165, 1.54) is 30.0 Å². The molecule has 130 valence electrons. The van der Waals surface area contributed by atoms with Crippen molar-refractivity contribution in [1.29, 1.82) is 0 Å². The maximum absolute atomic E-state index is 12.5. The van der Waals surface area contributed by atoms with Crippen LogP contribution in [0.3, 0.4) is 0 Å². The number of carbonyl (C=O) groups is 2. The summed E-state index contributed by atoms with van der Waals surface area (Å²) >= 11 is 0. The zero-order chi connectivity index (χ0) is 18.6. The fourth-order valence-electron chi connectivity index (χ4n) is 2.34. The number of nitro groups is 1. The van der Waals surface area contributed by atoms with Gasteiger partial charge in [0.25, 0.3) is 11.6 Å². The van der Waals surface area contributed by atoms with Crippen LogP contribution < -0.4 is 0 Å². The van der Waals surface area contributed by atoms with Gasteiger partial charge in [-0.2, -0.15) is 0 Å². The fourth-order valence-corrected chi connectivity index (χ4v) is 2.34. The second-order valence-electron chi connectivity index (χ2n) is 5.64. The van der Waals surface area contributed by atoms with Crippen LogP contribution in [0.15, 0.2) is 48.5 Å². The van der Waals surface area contributed by atoms with E-state index in [0.29, 0.717) is 5.56 Å². The highest BCUT2D eigenvalue weighted by Crippen LogP contribution is 2.25. The van der Waals surface area contributed by atoms with Crippen molar-refractivity contribution in [1.82, 2.24) is 4.90 Å². The van der Waals surface area contributed by atoms with E-state index in [1.807, 2.05) is 0 Å². The predicted octanol–water partition coefficient (Wildman–Crippen LogP) is 2.89. The first-order valence-electron chi connectivity index (χ1n) is 7.54. The number of benzene rings is 2. The number of amides is 1. The average molecular weight is 342 g/mol. The normalized spacial score (nSPS) is 11.5. The van der Waals surface area contributed by atoms with Crippen LogP contribution in [0.2, 0.25) is 0 Å². The Labute approximate surface area is 145 Å². The van der Waals surface area contributed by atoms with Gasteiger partial charge in [0.2, 0.25) is 6.10 Å². The smallest absolute Gasteiger partial charge is 0.339 e. The summed E-state index contributed by atoms with van der Waals surface area (Å²) in [5.74, 6) is -1.19. The monoisotopic (exact) mass is 342 g/mol. The molecule has 0 radical (unpaired) electrons. The van der Waals surface area contributed by atoms with Gasteiger partial charge in [0.15, 0.2) is 0 Å². The molecule has 0 bridgehead atoms. The fraction of sp³-hybridized carbons (Fsp3) is 0.222. The summed E-state index contributed by atoms with van der Waals surface area (Å²) in [4.78, 5) is 36.7. The highest BCUT2D eigenvalue weighted by Gasteiger charge is 2.28. The van der Waals surface area contributed by atoms with Gasteiger partial charge in [-0.25, -0.2) is 4.79 Å². The molecule has 2 aromatic carbocycles. The van der Waals surface area contributed by atoms with Crippen LogP contribution in [-0.2, 0) is 9.53 Å². The molecule has 0 aliphatic rings. The molecule has 0 aromatic heterocycles. The summed E-state index contributed by atoms with van der Waals surface area (Å²) in [5.41, 5.74) is 0.602. The van der Waals surface area contributed by atoms with Crippen LogP contribution in [0.25, 0.3) is 0 Å². The minimum Gasteiger partial charge on any atom is -0.444 e. The molecule has 0 heterocycles. The molecule has 1 amide bonds. The van der Waals surface area contributed by atoms with Gasteiger partial charge in [-0.15, -0.1) is 0 Å². The lowest BCUT2D eigenvalue weighted by molar-refractivity contribution is -0.385. The highest BCUT2D eigenvalue weighted by molar-refractivity contribution is 5.94. The van der Waals surface area contributed by atoms with Crippen LogP contribution in [-0.4, -0.2) is 35.8 Å². The molecule has 0 spiro atoms. The SMILES string of the molecule is Cc1c(C(=O)OC(C(=O)N(C)C)c2ccccc2)cccc1[N+](=O)[O-]. The molecule has 7 nitrogen and oxygen atoms in total. The first kappa shape index (κ1) is 18.1. The first-order valence-corrected chi connectivity index (χ1v) is 7.54. The zero-order valence-corrected chi connectivity index (χ0v) is 14.1. The van der Waals surface area contributed by atoms with E-state index in [-0.39, 0.29) is 16.8 Å². The van der Waals surface area contributed by atoms with Crippen molar-refractivity contribution in [2.75, 3.05) is 14.1 Å². The van der Waals surface area contributed by atoms with Gasteiger partial charge in [-0.05, 0) is 13.0 Å². The Morgan fingerprint density at radius 1 is 1.08 bits per heavy atom. The van der Waals surface area contributed by atoms with Crippen molar-refractivity contribution < 1.29 is 19.2 Å². The Morgan fingerprint density at radius 3 is 2.28 bits per heavy atom. The van der Waals surface area contributed by atoms with E-state index in [0.717, 1.165) is 0 Å². The number of nitro benzene ring substituents is 1. The number of likely N-dealkylation sites (N-methyl/N-ethyl adjacent to an activating group) is 1. The number of carbonyl (C=O) groups excluding carboxylic acids is 2. The van der Waals surface area contributed by atoms with E-state index in [4.69, 9.17) is 4.74 Å². The van der Waals surface area contributed by atoms with E-state index in [1.54, 1.807) is 44.4 Å². The summed E-state index contributed by atoms with van der Waals surface area (Å²) < 4.78 is 5.41. The summed E-state index contributed by atoms with van der Waals surface area (Å²) in [6.45, 7) is 1.47. The molecule has 0 N–H and O–H groups in total. The van der Waals surface area contributed by atoms with Crippen molar-refractivity contribution >= 4 is 17.6 Å². The highest BCUT2D eigenvalue weighted by atomic mass is 16.6. The maximum atomic E-state index is 12.5. The molecule has 2 aromatic rings. The molecular formula is C18H18N2O5. The zero-order valence-electron chi connectivity index (χ0n) is 14.1. The van der Waals surface area contributed by atoms with Crippen LogP contribution in [0, 0.1) is 17.0 Å². The number of ether oxygens (including phenoxy) is 1. The van der Waals surface area contributed by atoms with Gasteiger partial charge in [-0.3, -0.25) is 14.9 Å². The number of rotatable bonds is 5. The van der Waals surface area contributed by atoms with Gasteiger partial charge in [0.1, 0.15) is 0 Å². The lowest BCUT2D eigenvalue weighted by Gasteiger charge is -2.21. The summed E-state index contributed by atoms with van der Waals surface area (Å²) in [6.07, 6.45) is -1.12. The Bertz CT molecular complexity index is 802. The molecule has 0 saturated heterocycles. The Kier molecular flexibility index (Phi) is 5.49. The molecule has 2 rings (SSSR count). The van der Waals surface area contributed by atoms with E-state index in [9.17, 15) is 19.7 Å². The molecule has 0 saturated carbocycles. The molecule has 0 aliphatic carbocycles. The lowest BCUT2D eigenvalue weighted by Crippen LogP contribution is -2.31. The van der Waals surface area contributed by atoms with Crippen LogP contribution >= 0.6 is 0 Å². The maximum Gasteiger partial charge on any atom is 0.339 e. The van der Waals surface area contributed by atoms with E-state index >= 15 is 0 Å². The molecule has 0 fully saturated rings. The topological polar surface area (TPSA) is 89.8 Å². The van der Waals surface area contributed by atoms with Gasteiger partial charge < -0.3 is 9.64 Å². The lowest BCUT2D eigenvalue weighted by atomic mass is 10.1. The third-order valence-electron chi connectivity index (χ3n) is 3.71. The molecule has 0 aliphatic heterocycles. The Morgan fingerprint density at radius 2 is 1.72 bits per heavy atom. The quantitative estimate of drug-likeness (QED) is 0.473. The summed E-state index contributed by atoms with van der Waals surface area (Å²) in [5, 5.41) is 11.0. The average Bonchev–Trinajstić information content (AvgIpc) is 2.59. The first-order chi connectivity index (χ1) is 11.8. The van der Waals surface area contributed by atoms with Gasteiger partial charge in [-0.1, -0.05) is 36.4 Å².